The highest BCUT2D eigenvalue weighted by molar-refractivity contribution is 6.30. The number of rotatable bonds is 8. The van der Waals surface area contributed by atoms with Crippen LogP contribution in [0.25, 0.3) is 0 Å². The monoisotopic (exact) mass is 362 g/mol. The number of carbonyl (C=O) groups is 1. The molecule has 0 saturated carbocycles. The molecule has 0 fully saturated rings. The summed E-state index contributed by atoms with van der Waals surface area (Å²) in [6.07, 6.45) is 6.45. The van der Waals surface area contributed by atoms with E-state index in [1.807, 2.05) is 33.8 Å². The third-order valence-electron chi connectivity index (χ3n) is 3.52. The zero-order valence-corrected chi connectivity index (χ0v) is 16.1. The summed E-state index contributed by atoms with van der Waals surface area (Å²) in [6, 6.07) is 6.88. The molecule has 0 aliphatic carbocycles. The quantitative estimate of drug-likeness (QED) is 0.385. The van der Waals surface area contributed by atoms with Gasteiger partial charge in [0.1, 0.15) is 0 Å². The van der Waals surface area contributed by atoms with Crippen molar-refractivity contribution in [3.8, 4) is 0 Å². The Morgan fingerprint density at radius 3 is 2.40 bits per heavy atom. The first-order chi connectivity index (χ1) is 11.7. The molecule has 0 spiro atoms. The lowest BCUT2D eigenvalue weighted by atomic mass is 9.94. The fourth-order valence-corrected chi connectivity index (χ4v) is 2.32. The molecule has 1 aromatic rings. The van der Waals surface area contributed by atoms with E-state index in [0.29, 0.717) is 22.6 Å². The SMILES string of the molecule is C=C/C(=C\C=C\C(CC)C(=O)c1ccc(Cl)cc1)C(O)OC(C)(C)C. The number of halogens is 1. The largest absolute Gasteiger partial charge is 0.364 e. The van der Waals surface area contributed by atoms with Gasteiger partial charge in [-0.05, 0) is 51.5 Å². The molecule has 25 heavy (non-hydrogen) atoms. The van der Waals surface area contributed by atoms with E-state index in [9.17, 15) is 9.90 Å². The van der Waals surface area contributed by atoms with Crippen molar-refractivity contribution in [3.05, 3.63) is 71.3 Å². The highest BCUT2D eigenvalue weighted by atomic mass is 35.5. The summed E-state index contributed by atoms with van der Waals surface area (Å²) in [5, 5.41) is 10.7. The number of aliphatic hydroxyl groups is 1. The Kier molecular flexibility index (Phi) is 8.30. The second kappa shape index (κ2) is 9.71. The second-order valence-corrected chi connectivity index (χ2v) is 7.16. The van der Waals surface area contributed by atoms with Crippen molar-refractivity contribution >= 4 is 17.4 Å². The Labute approximate surface area is 155 Å². The first-order valence-corrected chi connectivity index (χ1v) is 8.72. The predicted molar refractivity (Wildman–Crippen MR) is 104 cm³/mol. The Balaban J connectivity index is 2.86. The summed E-state index contributed by atoms with van der Waals surface area (Å²) < 4.78 is 5.51. The lowest BCUT2D eigenvalue weighted by molar-refractivity contribution is -0.142. The Morgan fingerprint density at radius 2 is 1.92 bits per heavy atom. The average Bonchev–Trinajstić information content (AvgIpc) is 2.53. The van der Waals surface area contributed by atoms with Crippen molar-refractivity contribution in [2.75, 3.05) is 0 Å². The first kappa shape index (κ1) is 21.4. The maximum absolute atomic E-state index is 12.5. The summed E-state index contributed by atoms with van der Waals surface area (Å²) in [5.41, 5.74) is 0.701. The van der Waals surface area contributed by atoms with Crippen LogP contribution in [-0.2, 0) is 4.74 Å². The van der Waals surface area contributed by atoms with Gasteiger partial charge in [0.05, 0.1) is 5.60 Å². The maximum atomic E-state index is 12.5. The molecule has 1 N–H and O–H groups in total. The fraction of sp³-hybridized carbons (Fsp3) is 0.381. The topological polar surface area (TPSA) is 46.5 Å². The highest BCUT2D eigenvalue weighted by Crippen LogP contribution is 2.18. The van der Waals surface area contributed by atoms with Gasteiger partial charge < -0.3 is 9.84 Å². The Hall–Kier alpha value is -1.68. The second-order valence-electron chi connectivity index (χ2n) is 6.72. The Morgan fingerprint density at radius 1 is 1.32 bits per heavy atom. The molecular formula is C21H27ClO3. The van der Waals surface area contributed by atoms with Gasteiger partial charge in [-0.15, -0.1) is 0 Å². The number of ether oxygens (including phenoxy) is 1. The molecule has 0 heterocycles. The van der Waals surface area contributed by atoms with Crippen LogP contribution in [0.3, 0.4) is 0 Å². The van der Waals surface area contributed by atoms with Crippen LogP contribution >= 0.6 is 11.6 Å². The van der Waals surface area contributed by atoms with Crippen molar-refractivity contribution in [3.63, 3.8) is 0 Å². The minimum Gasteiger partial charge on any atom is -0.364 e. The van der Waals surface area contributed by atoms with Crippen LogP contribution in [0.1, 0.15) is 44.5 Å². The van der Waals surface area contributed by atoms with Gasteiger partial charge in [0, 0.05) is 22.1 Å². The van der Waals surface area contributed by atoms with Crippen molar-refractivity contribution in [2.45, 2.75) is 46.0 Å². The molecule has 0 bridgehead atoms. The average molecular weight is 363 g/mol. The zero-order chi connectivity index (χ0) is 19.0. The number of carbonyl (C=O) groups excluding carboxylic acids is 1. The van der Waals surface area contributed by atoms with Crippen LogP contribution < -0.4 is 0 Å². The Bertz CT molecular complexity index is 636. The summed E-state index contributed by atoms with van der Waals surface area (Å²) in [7, 11) is 0. The van der Waals surface area contributed by atoms with E-state index >= 15 is 0 Å². The van der Waals surface area contributed by atoms with E-state index in [1.165, 1.54) is 0 Å². The van der Waals surface area contributed by atoms with Crippen molar-refractivity contribution < 1.29 is 14.6 Å². The molecule has 136 valence electrons. The van der Waals surface area contributed by atoms with E-state index < -0.39 is 11.9 Å². The van der Waals surface area contributed by atoms with Gasteiger partial charge >= 0.3 is 0 Å². The highest BCUT2D eigenvalue weighted by Gasteiger charge is 2.18. The summed E-state index contributed by atoms with van der Waals surface area (Å²) in [4.78, 5) is 12.5. The molecule has 0 saturated heterocycles. The van der Waals surface area contributed by atoms with Crippen molar-refractivity contribution in [1.29, 1.82) is 0 Å². The number of aliphatic hydroxyl groups excluding tert-OH is 1. The van der Waals surface area contributed by atoms with Gasteiger partial charge in [-0.2, -0.15) is 0 Å². The fourth-order valence-electron chi connectivity index (χ4n) is 2.19. The van der Waals surface area contributed by atoms with E-state index in [2.05, 4.69) is 6.58 Å². The van der Waals surface area contributed by atoms with Crippen LogP contribution in [0.5, 0.6) is 0 Å². The lowest BCUT2D eigenvalue weighted by Gasteiger charge is -2.24. The van der Waals surface area contributed by atoms with Crippen LogP contribution in [0.4, 0.5) is 0 Å². The van der Waals surface area contributed by atoms with Crippen LogP contribution in [-0.4, -0.2) is 22.8 Å². The molecule has 1 aromatic carbocycles. The van der Waals surface area contributed by atoms with Crippen LogP contribution in [0.2, 0.25) is 5.02 Å². The molecule has 2 atom stereocenters. The van der Waals surface area contributed by atoms with Crippen molar-refractivity contribution in [2.24, 2.45) is 5.92 Å². The van der Waals surface area contributed by atoms with Crippen LogP contribution in [0.15, 0.2) is 60.7 Å². The molecule has 0 aliphatic heterocycles. The molecular weight excluding hydrogens is 336 g/mol. The standard InChI is InChI=1S/C21H27ClO3/c1-6-15(19(23)17-11-13-18(22)14-12-17)9-8-10-16(7-2)20(24)25-21(3,4)5/h7-15,20,24H,2,6H2,1,3-5H3/b9-8+,16-10+. The van der Waals surface area contributed by atoms with Gasteiger partial charge in [-0.25, -0.2) is 0 Å². The summed E-state index contributed by atoms with van der Waals surface area (Å²) in [6.45, 7) is 11.3. The third kappa shape index (κ3) is 7.39. The van der Waals surface area contributed by atoms with Gasteiger partial charge in [-0.1, -0.05) is 49.4 Å². The smallest absolute Gasteiger partial charge is 0.181 e. The number of ketones is 1. The minimum atomic E-state index is -1.06. The van der Waals surface area contributed by atoms with Gasteiger partial charge in [-0.3, -0.25) is 4.79 Å². The molecule has 0 amide bonds. The maximum Gasteiger partial charge on any atom is 0.181 e. The summed E-state index contributed by atoms with van der Waals surface area (Å²) in [5.74, 6) is -0.209. The third-order valence-corrected chi connectivity index (χ3v) is 3.78. The number of benzene rings is 1. The van der Waals surface area contributed by atoms with Crippen LogP contribution in [0, 0.1) is 5.92 Å². The van der Waals surface area contributed by atoms with E-state index in [1.54, 1.807) is 42.5 Å². The molecule has 4 heteroatoms. The number of hydrogen-bond acceptors (Lipinski definition) is 3. The molecule has 3 nitrogen and oxygen atoms in total. The van der Waals surface area contributed by atoms with E-state index in [0.717, 1.165) is 0 Å². The lowest BCUT2D eigenvalue weighted by Crippen LogP contribution is -2.28. The number of hydrogen-bond donors (Lipinski definition) is 1. The zero-order valence-electron chi connectivity index (χ0n) is 15.3. The molecule has 1 rings (SSSR count). The summed E-state index contributed by atoms with van der Waals surface area (Å²) >= 11 is 5.86. The molecule has 0 aliphatic rings. The van der Waals surface area contributed by atoms with E-state index in [4.69, 9.17) is 16.3 Å². The molecule has 2 unspecified atom stereocenters. The first-order valence-electron chi connectivity index (χ1n) is 8.34. The van der Waals surface area contributed by atoms with Gasteiger partial charge in [0.2, 0.25) is 0 Å². The normalized spacial score (nSPS) is 15.2. The van der Waals surface area contributed by atoms with E-state index in [-0.39, 0.29) is 11.7 Å². The van der Waals surface area contributed by atoms with Gasteiger partial charge in [0.25, 0.3) is 0 Å². The van der Waals surface area contributed by atoms with Crippen molar-refractivity contribution in [1.82, 2.24) is 0 Å². The molecule has 0 aromatic heterocycles. The molecule has 0 radical (unpaired) electrons. The van der Waals surface area contributed by atoms with Gasteiger partial charge in [0.15, 0.2) is 12.1 Å². The number of allylic oxidation sites excluding steroid dienone is 3. The predicted octanol–water partition coefficient (Wildman–Crippen LogP) is 5.35. The minimum absolute atomic E-state index is 0.0375. The number of Topliss-reactive ketones (excluding diaryl/α,β-unsaturated/α-hetero) is 1.